The molecule has 0 saturated heterocycles. The molecule has 0 bridgehead atoms. The quantitative estimate of drug-likeness (QED) is 0.690. The Kier molecular flexibility index (Phi) is 4.44. The van der Waals surface area contributed by atoms with Gasteiger partial charge < -0.3 is 25.3 Å². The molecule has 0 radical (unpaired) electrons. The number of nitrogens with two attached hydrogens (primary N) is 1. The smallest absolute Gasteiger partial charge is 0.344 e. The Labute approximate surface area is 120 Å². The second kappa shape index (κ2) is 6.27. The van der Waals surface area contributed by atoms with E-state index in [9.17, 15) is 14.7 Å². The van der Waals surface area contributed by atoms with Gasteiger partial charge in [0.25, 0.3) is 0 Å². The maximum atomic E-state index is 11.7. The number of hydrogen-bond donors (Lipinski definition) is 3. The number of aromatic hydroxyl groups is 1. The van der Waals surface area contributed by atoms with Crippen LogP contribution in [-0.2, 0) is 25.5 Å². The molecule has 112 valence electrons. The van der Waals surface area contributed by atoms with Crippen molar-refractivity contribution in [2.75, 3.05) is 13.7 Å². The van der Waals surface area contributed by atoms with Crippen molar-refractivity contribution in [2.45, 2.75) is 12.5 Å². The predicted molar refractivity (Wildman–Crippen MR) is 74.6 cm³/mol. The zero-order valence-electron chi connectivity index (χ0n) is 11.5. The van der Waals surface area contributed by atoms with E-state index < -0.39 is 24.6 Å². The van der Waals surface area contributed by atoms with Crippen LogP contribution < -0.4 is 5.73 Å². The second-order valence-electron chi connectivity index (χ2n) is 4.54. The highest BCUT2D eigenvalue weighted by Crippen LogP contribution is 2.23. The average molecular weight is 292 g/mol. The van der Waals surface area contributed by atoms with Crippen molar-refractivity contribution in [1.29, 1.82) is 0 Å². The number of benzene rings is 1. The molecule has 1 aromatic heterocycles. The Morgan fingerprint density at radius 1 is 1.43 bits per heavy atom. The van der Waals surface area contributed by atoms with Crippen LogP contribution in [0.4, 0.5) is 0 Å². The van der Waals surface area contributed by atoms with E-state index >= 15 is 0 Å². The molecule has 7 heteroatoms. The molecule has 0 spiro atoms. The summed E-state index contributed by atoms with van der Waals surface area (Å²) in [4.78, 5) is 25.6. The number of nitrogens with one attached hydrogen (secondary N) is 1. The van der Waals surface area contributed by atoms with Crippen LogP contribution in [0.1, 0.15) is 5.56 Å². The lowest BCUT2D eigenvalue weighted by atomic mass is 10.1. The molecular formula is C14H16N2O5. The molecule has 1 heterocycles. The fourth-order valence-corrected chi connectivity index (χ4v) is 1.95. The normalized spacial score (nSPS) is 12.1. The van der Waals surface area contributed by atoms with E-state index in [-0.39, 0.29) is 12.2 Å². The molecule has 1 aromatic carbocycles. The van der Waals surface area contributed by atoms with Crippen molar-refractivity contribution in [3.8, 4) is 5.75 Å². The number of carbonyl (C=O) groups is 2. The molecule has 2 rings (SSSR count). The van der Waals surface area contributed by atoms with Gasteiger partial charge in [-0.05, 0) is 23.8 Å². The summed E-state index contributed by atoms with van der Waals surface area (Å²) in [5.74, 6) is -1.20. The Hall–Kier alpha value is -2.54. The van der Waals surface area contributed by atoms with E-state index in [1.54, 1.807) is 24.4 Å². The van der Waals surface area contributed by atoms with Crippen LogP contribution in [0, 0.1) is 0 Å². The maximum Gasteiger partial charge on any atom is 0.344 e. The van der Waals surface area contributed by atoms with E-state index in [0.717, 1.165) is 16.5 Å². The number of phenols is 1. The van der Waals surface area contributed by atoms with Gasteiger partial charge in [0.1, 0.15) is 11.8 Å². The fourth-order valence-electron chi connectivity index (χ4n) is 1.95. The molecule has 0 aliphatic carbocycles. The molecule has 0 saturated carbocycles. The van der Waals surface area contributed by atoms with Crippen LogP contribution in [0.25, 0.3) is 10.9 Å². The Morgan fingerprint density at radius 3 is 2.90 bits per heavy atom. The number of H-pyrrole nitrogens is 1. The number of methoxy groups -OCH3 is 1. The van der Waals surface area contributed by atoms with Crippen molar-refractivity contribution in [2.24, 2.45) is 5.73 Å². The van der Waals surface area contributed by atoms with Crippen LogP contribution in [0.3, 0.4) is 0 Å². The molecule has 2 aromatic rings. The Bertz CT molecular complexity index is 664. The predicted octanol–water partition coefficient (Wildman–Crippen LogP) is 0.460. The standard InChI is InChI=1S/C14H16N2O5/c1-20-13(18)7-21-14(19)11(15)4-8-6-16-12-3-2-9(17)5-10(8)12/h2-3,5-6,11,16-17H,4,7,15H2,1H3. The monoisotopic (exact) mass is 292 g/mol. The highest BCUT2D eigenvalue weighted by atomic mass is 16.6. The van der Waals surface area contributed by atoms with Gasteiger partial charge >= 0.3 is 11.9 Å². The first-order valence-corrected chi connectivity index (χ1v) is 6.29. The van der Waals surface area contributed by atoms with Crippen LogP contribution >= 0.6 is 0 Å². The molecule has 1 unspecified atom stereocenters. The number of fused-ring (bicyclic) bond motifs is 1. The van der Waals surface area contributed by atoms with Gasteiger partial charge in [0.05, 0.1) is 7.11 Å². The number of hydrogen-bond acceptors (Lipinski definition) is 6. The van der Waals surface area contributed by atoms with E-state index in [1.165, 1.54) is 7.11 Å². The SMILES string of the molecule is COC(=O)COC(=O)C(N)Cc1c[nH]c2ccc(O)cc12. The molecular weight excluding hydrogens is 276 g/mol. The van der Waals surface area contributed by atoms with Gasteiger partial charge in [-0.15, -0.1) is 0 Å². The van der Waals surface area contributed by atoms with E-state index in [0.29, 0.717) is 0 Å². The highest BCUT2D eigenvalue weighted by Gasteiger charge is 2.19. The molecule has 0 fully saturated rings. The molecule has 0 aliphatic rings. The van der Waals surface area contributed by atoms with Crippen molar-refractivity contribution < 1.29 is 24.2 Å². The van der Waals surface area contributed by atoms with E-state index in [4.69, 9.17) is 10.5 Å². The number of aromatic amines is 1. The Balaban J connectivity index is 2.04. The van der Waals surface area contributed by atoms with Gasteiger partial charge in [0.15, 0.2) is 6.61 Å². The first-order chi connectivity index (χ1) is 10.0. The number of esters is 2. The van der Waals surface area contributed by atoms with Gasteiger partial charge in [0, 0.05) is 23.5 Å². The number of ether oxygens (including phenoxy) is 2. The van der Waals surface area contributed by atoms with Crippen LogP contribution in [-0.4, -0.2) is 41.8 Å². The largest absolute Gasteiger partial charge is 0.508 e. The average Bonchev–Trinajstić information content (AvgIpc) is 2.86. The minimum Gasteiger partial charge on any atom is -0.508 e. The third-order valence-corrected chi connectivity index (χ3v) is 3.05. The lowest BCUT2D eigenvalue weighted by molar-refractivity contribution is -0.157. The molecule has 4 N–H and O–H groups in total. The molecule has 7 nitrogen and oxygen atoms in total. The van der Waals surface area contributed by atoms with Crippen molar-refractivity contribution in [3.05, 3.63) is 30.0 Å². The van der Waals surface area contributed by atoms with Crippen molar-refractivity contribution >= 4 is 22.8 Å². The third-order valence-electron chi connectivity index (χ3n) is 3.05. The first kappa shape index (κ1) is 14.9. The van der Waals surface area contributed by atoms with Gasteiger partial charge in [-0.25, -0.2) is 4.79 Å². The lowest BCUT2D eigenvalue weighted by Gasteiger charge is -2.10. The van der Waals surface area contributed by atoms with Crippen LogP contribution in [0.15, 0.2) is 24.4 Å². The van der Waals surface area contributed by atoms with E-state index in [2.05, 4.69) is 9.72 Å². The summed E-state index contributed by atoms with van der Waals surface area (Å²) in [6.07, 6.45) is 1.95. The number of carbonyl (C=O) groups excluding carboxylic acids is 2. The number of aromatic nitrogens is 1. The van der Waals surface area contributed by atoms with Crippen molar-refractivity contribution in [1.82, 2.24) is 4.98 Å². The molecule has 21 heavy (non-hydrogen) atoms. The summed E-state index contributed by atoms with van der Waals surface area (Å²) in [5.41, 5.74) is 7.37. The third kappa shape index (κ3) is 3.51. The first-order valence-electron chi connectivity index (χ1n) is 6.29. The van der Waals surface area contributed by atoms with Crippen molar-refractivity contribution in [3.63, 3.8) is 0 Å². The summed E-state index contributed by atoms with van der Waals surface area (Å²) in [6, 6.07) is 3.98. The highest BCUT2D eigenvalue weighted by molar-refractivity contribution is 5.86. The van der Waals surface area contributed by atoms with Gasteiger partial charge in [-0.3, -0.25) is 4.79 Å². The zero-order valence-corrected chi connectivity index (χ0v) is 11.5. The Morgan fingerprint density at radius 2 is 2.19 bits per heavy atom. The maximum absolute atomic E-state index is 11.7. The number of phenolic OH excluding ortho intramolecular Hbond substituents is 1. The summed E-state index contributed by atoms with van der Waals surface area (Å²) >= 11 is 0. The summed E-state index contributed by atoms with van der Waals surface area (Å²) < 4.78 is 9.11. The van der Waals surface area contributed by atoms with Gasteiger partial charge in [-0.2, -0.15) is 0 Å². The van der Waals surface area contributed by atoms with E-state index in [1.807, 2.05) is 0 Å². The molecule has 1 atom stereocenters. The summed E-state index contributed by atoms with van der Waals surface area (Å²) in [7, 11) is 1.20. The summed E-state index contributed by atoms with van der Waals surface area (Å²) in [5, 5.41) is 10.3. The fraction of sp³-hybridized carbons (Fsp3) is 0.286. The van der Waals surface area contributed by atoms with Crippen LogP contribution in [0.2, 0.25) is 0 Å². The minimum atomic E-state index is -0.906. The lowest BCUT2D eigenvalue weighted by Crippen LogP contribution is -2.35. The topological polar surface area (TPSA) is 115 Å². The zero-order chi connectivity index (χ0) is 15.4. The molecule has 0 amide bonds. The molecule has 0 aliphatic heterocycles. The van der Waals surface area contributed by atoms with Gasteiger partial charge in [-0.1, -0.05) is 0 Å². The summed E-state index contributed by atoms with van der Waals surface area (Å²) in [6.45, 7) is -0.461. The second-order valence-corrected chi connectivity index (χ2v) is 4.54. The van der Waals surface area contributed by atoms with Gasteiger partial charge in [0.2, 0.25) is 0 Å². The number of rotatable bonds is 5. The van der Waals surface area contributed by atoms with Crippen LogP contribution in [0.5, 0.6) is 5.75 Å². The minimum absolute atomic E-state index is 0.130.